The average Bonchev–Trinajstić information content (AvgIpc) is 3.07. The first kappa shape index (κ1) is 21.0. The molecule has 2 N–H and O–H groups in total. The highest BCUT2D eigenvalue weighted by Crippen LogP contribution is 2.20. The molecule has 29 heavy (non-hydrogen) atoms. The minimum atomic E-state index is -3.54. The molecule has 0 aliphatic rings. The summed E-state index contributed by atoms with van der Waals surface area (Å²) in [5.74, 6) is 0. The van der Waals surface area contributed by atoms with Gasteiger partial charge in [-0.3, -0.25) is 0 Å². The van der Waals surface area contributed by atoms with Crippen LogP contribution in [0.25, 0.3) is 11.0 Å². The van der Waals surface area contributed by atoms with Crippen molar-refractivity contribution in [3.8, 4) is 0 Å². The summed E-state index contributed by atoms with van der Waals surface area (Å²) in [4.78, 5) is 12.2. The number of urea groups is 1. The molecule has 0 fully saturated rings. The van der Waals surface area contributed by atoms with Crippen LogP contribution in [-0.2, 0) is 16.6 Å². The van der Waals surface area contributed by atoms with Crippen LogP contribution in [0.3, 0.4) is 0 Å². The molecular formula is C18H21ClN6O3S. The lowest BCUT2D eigenvalue weighted by molar-refractivity contribution is 0.251. The Morgan fingerprint density at radius 1 is 1.21 bits per heavy atom. The number of halogens is 1. The Hall–Kier alpha value is -2.69. The highest BCUT2D eigenvalue weighted by molar-refractivity contribution is 7.89. The largest absolute Gasteiger partial charge is 0.336 e. The maximum atomic E-state index is 12.2. The van der Waals surface area contributed by atoms with Gasteiger partial charge < -0.3 is 10.6 Å². The third kappa shape index (κ3) is 4.66. The molecule has 0 aliphatic carbocycles. The van der Waals surface area contributed by atoms with Gasteiger partial charge >= 0.3 is 6.03 Å². The molecule has 0 spiro atoms. The molecule has 0 aliphatic heterocycles. The summed E-state index contributed by atoms with van der Waals surface area (Å²) in [5.41, 5.74) is 2.66. The molecule has 0 unspecified atom stereocenters. The van der Waals surface area contributed by atoms with E-state index in [1.807, 2.05) is 13.0 Å². The third-order valence-electron chi connectivity index (χ3n) is 4.30. The lowest BCUT2D eigenvalue weighted by Crippen LogP contribution is -2.31. The smallest absolute Gasteiger partial charge is 0.319 e. The monoisotopic (exact) mass is 436 g/mol. The van der Waals surface area contributed by atoms with Gasteiger partial charge in [-0.15, -0.1) is 5.10 Å². The predicted octanol–water partition coefficient (Wildman–Crippen LogP) is 2.47. The van der Waals surface area contributed by atoms with Gasteiger partial charge in [0.15, 0.2) is 0 Å². The zero-order chi connectivity index (χ0) is 21.2. The molecule has 0 saturated heterocycles. The lowest BCUT2D eigenvalue weighted by atomic mass is 10.2. The number of hydrogen-bond acceptors (Lipinski definition) is 5. The minimum Gasteiger partial charge on any atom is -0.336 e. The molecule has 0 radical (unpaired) electrons. The van der Waals surface area contributed by atoms with Crippen molar-refractivity contribution in [3.05, 3.63) is 47.0 Å². The fourth-order valence-electron chi connectivity index (χ4n) is 2.61. The number of carbonyl (C=O) groups excluding carboxylic acids is 1. The topological polar surface area (TPSA) is 109 Å². The maximum absolute atomic E-state index is 12.2. The summed E-state index contributed by atoms with van der Waals surface area (Å²) in [6, 6.07) is 9.55. The Balaban J connectivity index is 1.62. The SMILES string of the molecule is Cc1ccc(NC(=O)NCCn2nnc3cc(S(=O)(=O)N(C)C)ccc32)cc1Cl. The average molecular weight is 437 g/mol. The van der Waals surface area contributed by atoms with E-state index in [1.54, 1.807) is 22.9 Å². The number of anilines is 1. The van der Waals surface area contributed by atoms with Crippen molar-refractivity contribution >= 4 is 44.4 Å². The summed E-state index contributed by atoms with van der Waals surface area (Å²) in [6.07, 6.45) is 0. The van der Waals surface area contributed by atoms with Crippen molar-refractivity contribution in [1.29, 1.82) is 0 Å². The maximum Gasteiger partial charge on any atom is 0.319 e. The van der Waals surface area contributed by atoms with Crippen molar-refractivity contribution in [3.63, 3.8) is 0 Å². The second-order valence-electron chi connectivity index (χ2n) is 6.60. The predicted molar refractivity (Wildman–Crippen MR) is 112 cm³/mol. The molecule has 3 aromatic rings. The van der Waals surface area contributed by atoms with Crippen molar-refractivity contribution in [1.82, 2.24) is 24.6 Å². The molecule has 0 saturated carbocycles. The zero-order valence-corrected chi connectivity index (χ0v) is 17.8. The van der Waals surface area contributed by atoms with E-state index in [-0.39, 0.29) is 10.9 Å². The van der Waals surface area contributed by atoms with E-state index in [4.69, 9.17) is 11.6 Å². The molecule has 2 aromatic carbocycles. The van der Waals surface area contributed by atoms with Gasteiger partial charge in [-0.25, -0.2) is 22.2 Å². The van der Waals surface area contributed by atoms with Gasteiger partial charge in [0, 0.05) is 31.4 Å². The van der Waals surface area contributed by atoms with Crippen LogP contribution in [0.1, 0.15) is 5.56 Å². The van der Waals surface area contributed by atoms with Crippen molar-refractivity contribution in [2.75, 3.05) is 26.0 Å². The van der Waals surface area contributed by atoms with Crippen LogP contribution in [0, 0.1) is 6.92 Å². The molecule has 0 atom stereocenters. The summed E-state index contributed by atoms with van der Waals surface area (Å²) >= 11 is 6.05. The molecule has 1 heterocycles. The third-order valence-corrected chi connectivity index (χ3v) is 6.52. The second kappa shape index (κ2) is 8.36. The molecule has 11 heteroatoms. The van der Waals surface area contributed by atoms with Gasteiger partial charge in [0.1, 0.15) is 5.52 Å². The quantitative estimate of drug-likeness (QED) is 0.616. The molecule has 0 bridgehead atoms. The Morgan fingerprint density at radius 2 is 1.97 bits per heavy atom. The standard InChI is InChI=1S/C18H21ClN6O3S/c1-12-4-5-13(10-15(12)19)21-18(26)20-8-9-25-17-7-6-14(11-16(17)22-23-25)29(27,28)24(2)3/h4-7,10-11H,8-9H2,1-3H3,(H2,20,21,26). The van der Waals surface area contributed by atoms with Gasteiger partial charge in [0.05, 0.1) is 17.0 Å². The summed E-state index contributed by atoms with van der Waals surface area (Å²) < 4.78 is 27.2. The number of carbonyl (C=O) groups is 1. The van der Waals surface area contributed by atoms with Crippen LogP contribution in [0.4, 0.5) is 10.5 Å². The number of aryl methyl sites for hydroxylation is 1. The van der Waals surface area contributed by atoms with Crippen LogP contribution in [-0.4, -0.2) is 54.4 Å². The number of sulfonamides is 1. The number of nitrogens with zero attached hydrogens (tertiary/aromatic N) is 4. The van der Waals surface area contributed by atoms with E-state index in [0.717, 1.165) is 9.87 Å². The number of amides is 2. The molecule has 2 amide bonds. The Bertz CT molecular complexity index is 1160. The number of hydrogen-bond donors (Lipinski definition) is 2. The minimum absolute atomic E-state index is 0.149. The van der Waals surface area contributed by atoms with Crippen LogP contribution in [0.5, 0.6) is 0 Å². The zero-order valence-electron chi connectivity index (χ0n) is 16.2. The fourth-order valence-corrected chi connectivity index (χ4v) is 3.71. The molecule has 3 rings (SSSR count). The first-order valence-electron chi connectivity index (χ1n) is 8.75. The van der Waals surface area contributed by atoms with Gasteiger partial charge in [0.25, 0.3) is 0 Å². The van der Waals surface area contributed by atoms with Gasteiger partial charge in [-0.2, -0.15) is 0 Å². The number of fused-ring (bicyclic) bond motifs is 1. The first-order chi connectivity index (χ1) is 13.7. The van der Waals surface area contributed by atoms with E-state index in [1.165, 1.54) is 26.2 Å². The van der Waals surface area contributed by atoms with Gasteiger partial charge in [-0.05, 0) is 42.8 Å². The van der Waals surface area contributed by atoms with E-state index in [9.17, 15) is 13.2 Å². The Morgan fingerprint density at radius 3 is 2.66 bits per heavy atom. The van der Waals surface area contributed by atoms with E-state index >= 15 is 0 Å². The van der Waals surface area contributed by atoms with Crippen LogP contribution in [0.15, 0.2) is 41.3 Å². The number of aromatic nitrogens is 3. The van der Waals surface area contributed by atoms with E-state index in [0.29, 0.717) is 34.8 Å². The normalized spacial score (nSPS) is 11.8. The molecule has 154 valence electrons. The number of benzene rings is 2. The van der Waals surface area contributed by atoms with Crippen molar-refractivity contribution < 1.29 is 13.2 Å². The summed E-state index contributed by atoms with van der Waals surface area (Å²) in [6.45, 7) is 2.56. The summed E-state index contributed by atoms with van der Waals surface area (Å²) in [7, 11) is -0.601. The van der Waals surface area contributed by atoms with Crippen LogP contribution < -0.4 is 10.6 Å². The lowest BCUT2D eigenvalue weighted by Gasteiger charge is -2.11. The van der Waals surface area contributed by atoms with Gasteiger partial charge in [-0.1, -0.05) is 22.9 Å². The molecular weight excluding hydrogens is 416 g/mol. The van der Waals surface area contributed by atoms with Crippen molar-refractivity contribution in [2.45, 2.75) is 18.4 Å². The number of rotatable bonds is 6. The Kier molecular flexibility index (Phi) is 6.06. The number of nitrogens with one attached hydrogen (secondary N) is 2. The van der Waals surface area contributed by atoms with Crippen LogP contribution >= 0.6 is 11.6 Å². The molecule has 9 nitrogen and oxygen atoms in total. The van der Waals surface area contributed by atoms with E-state index < -0.39 is 10.0 Å². The van der Waals surface area contributed by atoms with Crippen LogP contribution in [0.2, 0.25) is 5.02 Å². The fraction of sp³-hybridized carbons (Fsp3) is 0.278. The first-order valence-corrected chi connectivity index (χ1v) is 10.6. The van der Waals surface area contributed by atoms with E-state index in [2.05, 4.69) is 20.9 Å². The highest BCUT2D eigenvalue weighted by Gasteiger charge is 2.18. The summed E-state index contributed by atoms with van der Waals surface area (Å²) in [5, 5.41) is 14.1. The molecule has 1 aromatic heterocycles. The van der Waals surface area contributed by atoms with Crippen molar-refractivity contribution in [2.24, 2.45) is 0 Å². The Labute approximate surface area is 173 Å². The van der Waals surface area contributed by atoms with Gasteiger partial charge in [0.2, 0.25) is 10.0 Å². The highest BCUT2D eigenvalue weighted by atomic mass is 35.5. The second-order valence-corrected chi connectivity index (χ2v) is 9.15.